The number of fused-ring (bicyclic) bond motifs is 2. The van der Waals surface area contributed by atoms with Crippen molar-refractivity contribution in [2.45, 2.75) is 57.5 Å². The number of nitrogens with one attached hydrogen (secondary N) is 1. The normalized spacial score (nSPS) is 21.4. The van der Waals surface area contributed by atoms with Gasteiger partial charge in [0.05, 0.1) is 6.61 Å². The highest BCUT2D eigenvalue weighted by atomic mass is 19.1. The number of carbonyl (C=O) groups is 4. The minimum Gasteiger partial charge on any atom is -0.501 e. The van der Waals surface area contributed by atoms with Crippen molar-refractivity contribution in [1.29, 1.82) is 0 Å². The summed E-state index contributed by atoms with van der Waals surface area (Å²) >= 11 is 0. The van der Waals surface area contributed by atoms with Crippen LogP contribution in [0.15, 0.2) is 29.1 Å². The van der Waals surface area contributed by atoms with Crippen molar-refractivity contribution in [3.63, 3.8) is 0 Å². The number of likely N-dealkylation sites (N-methyl/N-ethyl adjacent to an activating group) is 1. The SMILES string of the molecule is CC(=O)OCC12CCC(CC(=O)C(=O)N(C)C)(CC1)c1nc(C(=O)NCc3ccc(F)cc3)c(O)c(=O)n1C2. The molecule has 1 aromatic heterocycles. The quantitative estimate of drug-likeness (QED) is 0.376. The molecule has 1 saturated carbocycles. The molecule has 0 spiro atoms. The molecule has 0 atom stereocenters. The Morgan fingerprint density at radius 3 is 2.36 bits per heavy atom. The van der Waals surface area contributed by atoms with Crippen LogP contribution in [0.3, 0.4) is 0 Å². The van der Waals surface area contributed by atoms with Crippen LogP contribution in [-0.2, 0) is 37.6 Å². The van der Waals surface area contributed by atoms with Crippen LogP contribution >= 0.6 is 0 Å². The topological polar surface area (TPSA) is 148 Å². The second-order valence-electron chi connectivity index (χ2n) is 10.7. The highest BCUT2D eigenvalue weighted by molar-refractivity contribution is 6.36. The first-order chi connectivity index (χ1) is 18.4. The Kier molecular flexibility index (Phi) is 7.58. The molecule has 0 unspecified atom stereocenters. The molecular weight excluding hydrogens is 511 g/mol. The van der Waals surface area contributed by atoms with E-state index in [-0.39, 0.29) is 31.9 Å². The van der Waals surface area contributed by atoms with Gasteiger partial charge in [-0.15, -0.1) is 0 Å². The van der Waals surface area contributed by atoms with E-state index in [1.165, 1.54) is 54.8 Å². The standard InChI is InChI=1S/C27H31FN4O7/c1-16(33)39-15-26-8-10-27(11-9-26,12-19(34)23(37)31(2)3)25-30-20(21(35)24(38)32(25)14-26)22(36)29-13-17-4-6-18(28)7-5-17/h4-7,35H,8-15H2,1-3H3,(H,29,36). The number of hydrogen-bond acceptors (Lipinski definition) is 8. The zero-order chi connectivity index (χ0) is 28.5. The summed E-state index contributed by atoms with van der Waals surface area (Å²) in [6.07, 6.45) is 1.42. The number of carbonyl (C=O) groups excluding carboxylic acids is 4. The highest BCUT2D eigenvalue weighted by Gasteiger charge is 2.52. The summed E-state index contributed by atoms with van der Waals surface area (Å²) in [7, 11) is 2.93. The van der Waals surface area contributed by atoms with E-state index in [4.69, 9.17) is 4.74 Å². The van der Waals surface area contributed by atoms with Gasteiger partial charge >= 0.3 is 5.97 Å². The number of rotatable bonds is 8. The largest absolute Gasteiger partial charge is 0.501 e. The van der Waals surface area contributed by atoms with E-state index in [1.54, 1.807) is 0 Å². The van der Waals surface area contributed by atoms with Crippen LogP contribution in [0.2, 0.25) is 0 Å². The van der Waals surface area contributed by atoms with Gasteiger partial charge in [-0.2, -0.15) is 0 Å². The third-order valence-corrected chi connectivity index (χ3v) is 7.69. The van der Waals surface area contributed by atoms with Crippen LogP contribution in [0.25, 0.3) is 0 Å². The van der Waals surface area contributed by atoms with Crippen molar-refractivity contribution in [2.75, 3.05) is 20.7 Å². The molecule has 2 aliphatic heterocycles. The molecule has 0 saturated heterocycles. The number of ether oxygens (including phenoxy) is 1. The lowest BCUT2D eigenvalue weighted by Crippen LogP contribution is -2.42. The number of ketones is 1. The minimum atomic E-state index is -1.04. The van der Waals surface area contributed by atoms with Gasteiger partial charge in [0.25, 0.3) is 17.4 Å². The van der Waals surface area contributed by atoms with Gasteiger partial charge in [0, 0.05) is 51.4 Å². The molecule has 2 aromatic rings. The van der Waals surface area contributed by atoms with Gasteiger partial charge in [-0.1, -0.05) is 12.1 Å². The smallest absolute Gasteiger partial charge is 0.302 e. The number of esters is 1. The lowest BCUT2D eigenvalue weighted by Gasteiger charge is -2.41. The van der Waals surface area contributed by atoms with Gasteiger partial charge in [0.1, 0.15) is 11.6 Å². The van der Waals surface area contributed by atoms with E-state index >= 15 is 0 Å². The molecule has 0 radical (unpaired) electrons. The number of aromatic nitrogens is 2. The van der Waals surface area contributed by atoms with Crippen molar-refractivity contribution >= 4 is 23.6 Å². The fourth-order valence-electron chi connectivity index (χ4n) is 5.43. The molecule has 208 valence electrons. The fraction of sp³-hybridized carbons (Fsp3) is 0.481. The van der Waals surface area contributed by atoms with Crippen LogP contribution in [0, 0.1) is 11.2 Å². The lowest BCUT2D eigenvalue weighted by atomic mass is 9.63. The Morgan fingerprint density at radius 2 is 1.77 bits per heavy atom. The number of Topliss-reactive ketones (excluding diaryl/α,β-unsaturated/α-hetero) is 1. The summed E-state index contributed by atoms with van der Waals surface area (Å²) in [5.74, 6) is -3.81. The third-order valence-electron chi connectivity index (χ3n) is 7.69. The second kappa shape index (κ2) is 10.6. The van der Waals surface area contributed by atoms with Gasteiger partial charge in [0.2, 0.25) is 11.5 Å². The maximum absolute atomic E-state index is 13.5. The van der Waals surface area contributed by atoms with Gasteiger partial charge < -0.3 is 20.1 Å². The van der Waals surface area contributed by atoms with E-state index in [2.05, 4.69) is 10.3 Å². The Balaban J connectivity index is 1.75. The van der Waals surface area contributed by atoms with Gasteiger partial charge in [0.15, 0.2) is 5.69 Å². The van der Waals surface area contributed by atoms with E-state index in [0.717, 1.165) is 0 Å². The molecule has 12 heteroatoms. The van der Waals surface area contributed by atoms with Crippen molar-refractivity contribution < 1.29 is 33.4 Å². The predicted octanol–water partition coefficient (Wildman–Crippen LogP) is 1.44. The van der Waals surface area contributed by atoms with Crippen LogP contribution < -0.4 is 10.9 Å². The lowest BCUT2D eigenvalue weighted by molar-refractivity contribution is -0.146. The monoisotopic (exact) mass is 542 g/mol. The Morgan fingerprint density at radius 1 is 1.13 bits per heavy atom. The summed E-state index contributed by atoms with van der Waals surface area (Å²) in [4.78, 5) is 69.1. The summed E-state index contributed by atoms with van der Waals surface area (Å²) in [6, 6.07) is 5.45. The molecule has 3 heterocycles. The van der Waals surface area contributed by atoms with E-state index in [9.17, 15) is 33.5 Å². The number of hydrogen-bond donors (Lipinski definition) is 2. The van der Waals surface area contributed by atoms with E-state index in [1.807, 2.05) is 0 Å². The third kappa shape index (κ3) is 5.55. The molecule has 39 heavy (non-hydrogen) atoms. The average molecular weight is 543 g/mol. The molecule has 1 aliphatic carbocycles. The first-order valence-corrected chi connectivity index (χ1v) is 12.6. The molecule has 1 aromatic carbocycles. The summed E-state index contributed by atoms with van der Waals surface area (Å²) < 4.78 is 19.8. The molecule has 1 fully saturated rings. The number of benzene rings is 1. The Bertz CT molecular complexity index is 1380. The maximum atomic E-state index is 13.5. The summed E-state index contributed by atoms with van der Waals surface area (Å²) in [5.41, 5.74) is -2.46. The molecule has 5 rings (SSSR count). The minimum absolute atomic E-state index is 0.00882. The molecule has 2 N–H and O–H groups in total. The molecule has 2 amide bonds. The zero-order valence-electron chi connectivity index (χ0n) is 22.1. The zero-order valence-corrected chi connectivity index (χ0v) is 22.1. The Hall–Kier alpha value is -4.09. The van der Waals surface area contributed by atoms with Gasteiger partial charge in [-0.3, -0.25) is 28.5 Å². The van der Waals surface area contributed by atoms with Gasteiger partial charge in [-0.25, -0.2) is 9.37 Å². The highest BCUT2D eigenvalue weighted by Crippen LogP contribution is 2.52. The van der Waals surface area contributed by atoms with Crippen molar-refractivity contribution in [2.24, 2.45) is 5.41 Å². The fourth-order valence-corrected chi connectivity index (χ4v) is 5.43. The second-order valence-corrected chi connectivity index (χ2v) is 10.7. The van der Waals surface area contributed by atoms with Crippen LogP contribution in [0.1, 0.15) is 60.9 Å². The predicted molar refractivity (Wildman–Crippen MR) is 135 cm³/mol. The number of nitrogens with zero attached hydrogens (tertiary/aromatic N) is 3. The summed E-state index contributed by atoms with van der Waals surface area (Å²) in [5, 5.41) is 13.3. The molecular formula is C27H31FN4O7. The number of amides is 2. The van der Waals surface area contributed by atoms with E-state index in [0.29, 0.717) is 31.2 Å². The van der Waals surface area contributed by atoms with Crippen molar-refractivity contribution in [3.8, 4) is 5.75 Å². The molecule has 3 aliphatic rings. The molecule has 11 nitrogen and oxygen atoms in total. The first kappa shape index (κ1) is 27.9. The number of aromatic hydroxyl groups is 1. The van der Waals surface area contributed by atoms with Crippen molar-refractivity contribution in [1.82, 2.24) is 19.8 Å². The average Bonchev–Trinajstić information content (AvgIpc) is 3.12. The number of halogens is 1. The summed E-state index contributed by atoms with van der Waals surface area (Å²) in [6.45, 7) is 1.38. The molecule has 2 bridgehead atoms. The Labute approximate surface area is 224 Å². The van der Waals surface area contributed by atoms with Crippen molar-refractivity contribution in [3.05, 3.63) is 57.5 Å². The maximum Gasteiger partial charge on any atom is 0.302 e. The first-order valence-electron chi connectivity index (χ1n) is 12.6. The van der Waals surface area contributed by atoms with Crippen LogP contribution in [0.4, 0.5) is 4.39 Å². The van der Waals surface area contributed by atoms with Crippen LogP contribution in [-0.4, -0.2) is 63.8 Å². The van der Waals surface area contributed by atoms with E-state index < -0.39 is 57.2 Å². The van der Waals surface area contributed by atoms with Crippen LogP contribution in [0.5, 0.6) is 5.75 Å². The van der Waals surface area contributed by atoms with Gasteiger partial charge in [-0.05, 0) is 43.4 Å².